The lowest BCUT2D eigenvalue weighted by Gasteiger charge is -2.13. The summed E-state index contributed by atoms with van der Waals surface area (Å²) in [6.45, 7) is 0.569. The quantitative estimate of drug-likeness (QED) is 0.783. The summed E-state index contributed by atoms with van der Waals surface area (Å²) in [5, 5.41) is 2.97. The van der Waals surface area contributed by atoms with Crippen LogP contribution in [-0.4, -0.2) is 32.0 Å². The maximum Gasteiger partial charge on any atom is 0.441 e. The van der Waals surface area contributed by atoms with Crippen molar-refractivity contribution < 1.29 is 22.6 Å². The molecule has 0 amide bonds. The number of thioether (sulfide) groups is 1. The Bertz CT molecular complexity index is 399. The van der Waals surface area contributed by atoms with E-state index in [0.29, 0.717) is 18.0 Å². The molecule has 19 heavy (non-hydrogen) atoms. The predicted molar refractivity (Wildman–Crippen MR) is 69.8 cm³/mol. The number of halogens is 3. The van der Waals surface area contributed by atoms with Crippen molar-refractivity contribution in [3.8, 4) is 11.5 Å². The van der Waals surface area contributed by atoms with Crippen LogP contribution in [0.3, 0.4) is 0 Å². The van der Waals surface area contributed by atoms with Gasteiger partial charge in [0.25, 0.3) is 0 Å². The molecule has 1 rings (SSSR count). The number of ether oxygens (including phenoxy) is 2. The first-order valence-corrected chi connectivity index (χ1v) is 6.60. The number of benzene rings is 1. The lowest BCUT2D eigenvalue weighted by molar-refractivity contribution is -0.0329. The minimum Gasteiger partial charge on any atom is -0.497 e. The van der Waals surface area contributed by atoms with Gasteiger partial charge in [0.2, 0.25) is 0 Å². The van der Waals surface area contributed by atoms with Crippen molar-refractivity contribution in [1.29, 1.82) is 0 Å². The van der Waals surface area contributed by atoms with Crippen LogP contribution in [0.1, 0.15) is 5.56 Å². The lowest BCUT2D eigenvalue weighted by Crippen LogP contribution is -2.11. The maximum atomic E-state index is 12.0. The fraction of sp³-hybridized carbons (Fsp3) is 0.500. The monoisotopic (exact) mass is 295 g/mol. The van der Waals surface area contributed by atoms with E-state index in [1.807, 2.05) is 6.07 Å². The summed E-state index contributed by atoms with van der Waals surface area (Å²) in [7, 11) is 3.31. The van der Waals surface area contributed by atoms with Crippen molar-refractivity contribution in [2.45, 2.75) is 12.1 Å². The first-order valence-electron chi connectivity index (χ1n) is 5.61. The highest BCUT2D eigenvalue weighted by atomic mass is 32.2. The van der Waals surface area contributed by atoms with Crippen LogP contribution in [0.25, 0.3) is 0 Å². The minimum absolute atomic E-state index is 0.00589. The number of alkyl halides is 3. The summed E-state index contributed by atoms with van der Waals surface area (Å²) in [5.74, 6) is 1.01. The van der Waals surface area contributed by atoms with Gasteiger partial charge in [-0.2, -0.15) is 13.2 Å². The Balaban J connectivity index is 2.59. The molecule has 108 valence electrons. The molecule has 0 aliphatic heterocycles. The van der Waals surface area contributed by atoms with Gasteiger partial charge in [-0.25, -0.2) is 0 Å². The second kappa shape index (κ2) is 7.49. The second-order valence-electron chi connectivity index (χ2n) is 3.65. The van der Waals surface area contributed by atoms with Gasteiger partial charge in [0.1, 0.15) is 11.5 Å². The number of methoxy groups -OCH3 is 1. The Hall–Kier alpha value is -1.08. The standard InChI is InChI=1S/C12H16F3NO2S/c1-16-8-9-3-4-10(17-2)7-11(9)18-5-6-19-12(13,14)15/h3-4,7,16H,5-6,8H2,1-2H3. The van der Waals surface area contributed by atoms with Crippen LogP contribution in [0.4, 0.5) is 13.2 Å². The van der Waals surface area contributed by atoms with Gasteiger partial charge >= 0.3 is 5.51 Å². The largest absolute Gasteiger partial charge is 0.497 e. The molecule has 0 saturated heterocycles. The van der Waals surface area contributed by atoms with Gasteiger partial charge in [-0.1, -0.05) is 6.07 Å². The van der Waals surface area contributed by atoms with Crippen molar-refractivity contribution in [1.82, 2.24) is 5.32 Å². The Morgan fingerprint density at radius 2 is 2.05 bits per heavy atom. The van der Waals surface area contributed by atoms with E-state index < -0.39 is 5.51 Å². The molecule has 1 aromatic carbocycles. The predicted octanol–water partition coefficient (Wildman–Crippen LogP) is 3.05. The van der Waals surface area contributed by atoms with Crippen LogP contribution >= 0.6 is 11.8 Å². The molecular weight excluding hydrogens is 279 g/mol. The van der Waals surface area contributed by atoms with E-state index in [0.717, 1.165) is 5.56 Å². The van der Waals surface area contributed by atoms with E-state index in [2.05, 4.69) is 5.32 Å². The van der Waals surface area contributed by atoms with Crippen LogP contribution in [0.2, 0.25) is 0 Å². The van der Waals surface area contributed by atoms with Gasteiger partial charge in [-0.3, -0.25) is 0 Å². The third kappa shape index (κ3) is 6.07. The zero-order valence-corrected chi connectivity index (χ0v) is 11.5. The first kappa shape index (κ1) is 16.0. The van der Waals surface area contributed by atoms with Crippen molar-refractivity contribution in [2.24, 2.45) is 0 Å². The van der Waals surface area contributed by atoms with Crippen LogP contribution in [0, 0.1) is 0 Å². The molecule has 0 aliphatic carbocycles. The number of hydrogen-bond donors (Lipinski definition) is 1. The van der Waals surface area contributed by atoms with E-state index in [-0.39, 0.29) is 24.1 Å². The summed E-state index contributed by atoms with van der Waals surface area (Å²) in [4.78, 5) is 0. The van der Waals surface area contributed by atoms with Crippen LogP contribution in [0.5, 0.6) is 11.5 Å². The summed E-state index contributed by atoms with van der Waals surface area (Å²) < 4.78 is 46.4. The zero-order chi connectivity index (χ0) is 14.3. The number of nitrogens with one attached hydrogen (secondary N) is 1. The molecule has 1 aromatic rings. The van der Waals surface area contributed by atoms with Crippen LogP contribution in [-0.2, 0) is 6.54 Å². The van der Waals surface area contributed by atoms with E-state index in [4.69, 9.17) is 9.47 Å². The highest BCUT2D eigenvalue weighted by Crippen LogP contribution is 2.30. The summed E-state index contributed by atoms with van der Waals surface area (Å²) >= 11 is -0.0899. The Morgan fingerprint density at radius 1 is 1.32 bits per heavy atom. The molecule has 0 fully saturated rings. The van der Waals surface area contributed by atoms with Crippen molar-refractivity contribution in [3.63, 3.8) is 0 Å². The molecule has 1 N–H and O–H groups in total. The fourth-order valence-electron chi connectivity index (χ4n) is 1.44. The summed E-state index contributed by atoms with van der Waals surface area (Å²) in [6, 6.07) is 5.27. The molecule has 0 radical (unpaired) electrons. The van der Waals surface area contributed by atoms with Crippen molar-refractivity contribution in [3.05, 3.63) is 23.8 Å². The molecule has 3 nitrogen and oxygen atoms in total. The minimum atomic E-state index is -4.22. The highest BCUT2D eigenvalue weighted by Gasteiger charge is 2.27. The average molecular weight is 295 g/mol. The average Bonchev–Trinajstić information content (AvgIpc) is 2.35. The summed E-state index contributed by atoms with van der Waals surface area (Å²) in [6.07, 6.45) is 0. The van der Waals surface area contributed by atoms with Crippen molar-refractivity contribution >= 4 is 11.8 Å². The third-order valence-electron chi connectivity index (χ3n) is 2.25. The lowest BCUT2D eigenvalue weighted by atomic mass is 10.2. The molecule has 0 bridgehead atoms. The smallest absolute Gasteiger partial charge is 0.441 e. The topological polar surface area (TPSA) is 30.5 Å². The Kier molecular flexibility index (Phi) is 6.30. The first-order chi connectivity index (χ1) is 8.96. The maximum absolute atomic E-state index is 12.0. The molecule has 0 saturated carbocycles. The molecule has 0 aliphatic rings. The Morgan fingerprint density at radius 3 is 2.63 bits per heavy atom. The summed E-state index contributed by atoms with van der Waals surface area (Å²) in [5.41, 5.74) is -3.34. The second-order valence-corrected chi connectivity index (χ2v) is 4.81. The third-order valence-corrected chi connectivity index (χ3v) is 2.95. The molecule has 0 spiro atoms. The molecule has 0 unspecified atom stereocenters. The van der Waals surface area contributed by atoms with Crippen LogP contribution < -0.4 is 14.8 Å². The van der Waals surface area contributed by atoms with Crippen molar-refractivity contribution in [2.75, 3.05) is 26.5 Å². The van der Waals surface area contributed by atoms with E-state index >= 15 is 0 Å². The van der Waals surface area contributed by atoms with Gasteiger partial charge in [0, 0.05) is 23.9 Å². The van der Waals surface area contributed by atoms with E-state index in [9.17, 15) is 13.2 Å². The number of hydrogen-bond acceptors (Lipinski definition) is 4. The SMILES string of the molecule is CNCc1ccc(OC)cc1OCCSC(F)(F)F. The normalized spacial score (nSPS) is 11.4. The van der Waals surface area contributed by atoms with Gasteiger partial charge < -0.3 is 14.8 Å². The molecule has 0 aromatic heterocycles. The van der Waals surface area contributed by atoms with Gasteiger partial charge in [0.05, 0.1) is 13.7 Å². The van der Waals surface area contributed by atoms with Gasteiger partial charge in [0.15, 0.2) is 0 Å². The molecule has 7 heteroatoms. The molecule has 0 heterocycles. The van der Waals surface area contributed by atoms with E-state index in [1.165, 1.54) is 7.11 Å². The Labute approximate surface area is 114 Å². The molecular formula is C12H16F3NO2S. The number of rotatable bonds is 7. The fourth-order valence-corrected chi connectivity index (χ4v) is 1.84. The van der Waals surface area contributed by atoms with Gasteiger partial charge in [-0.15, -0.1) is 0 Å². The zero-order valence-electron chi connectivity index (χ0n) is 10.7. The molecule has 0 atom stereocenters. The van der Waals surface area contributed by atoms with E-state index in [1.54, 1.807) is 19.2 Å². The van der Waals surface area contributed by atoms with Crippen LogP contribution in [0.15, 0.2) is 18.2 Å². The van der Waals surface area contributed by atoms with Gasteiger partial charge in [-0.05, 0) is 24.9 Å². The highest BCUT2D eigenvalue weighted by molar-refractivity contribution is 8.00.